The van der Waals surface area contributed by atoms with E-state index in [1.807, 2.05) is 12.1 Å². The normalized spacial score (nSPS) is 16.4. The fourth-order valence-electron chi connectivity index (χ4n) is 4.10. The maximum Gasteiger partial charge on any atom is 0.222 e. The molecule has 0 radical (unpaired) electrons. The third-order valence-corrected chi connectivity index (χ3v) is 5.64. The first-order valence-corrected chi connectivity index (χ1v) is 9.79. The van der Waals surface area contributed by atoms with E-state index in [0.717, 1.165) is 25.8 Å². The number of fused-ring (bicyclic) bond motifs is 1. The van der Waals surface area contributed by atoms with Gasteiger partial charge in [0.15, 0.2) is 0 Å². The molecule has 1 aliphatic heterocycles. The van der Waals surface area contributed by atoms with Gasteiger partial charge in [-0.15, -0.1) is 0 Å². The van der Waals surface area contributed by atoms with Crippen LogP contribution in [0, 0.1) is 0 Å². The molecule has 3 heterocycles. The lowest BCUT2D eigenvalue weighted by Gasteiger charge is -2.38. The number of amides is 1. The van der Waals surface area contributed by atoms with Crippen molar-refractivity contribution in [2.75, 3.05) is 19.8 Å². The highest BCUT2D eigenvalue weighted by Crippen LogP contribution is 2.32. The summed E-state index contributed by atoms with van der Waals surface area (Å²) in [6.07, 6.45) is 9.44. The number of ether oxygens (including phenoxy) is 1. The fourth-order valence-corrected chi connectivity index (χ4v) is 4.10. The zero-order valence-corrected chi connectivity index (χ0v) is 15.6. The van der Waals surface area contributed by atoms with Crippen LogP contribution < -0.4 is 5.32 Å². The second-order valence-electron chi connectivity index (χ2n) is 7.38. The Kier molecular flexibility index (Phi) is 5.30. The number of benzene rings is 1. The molecule has 0 aliphatic carbocycles. The number of nitrogens with one attached hydrogen (secondary N) is 1. The SMILES string of the molecule is O=C(CC1(n2cccc2)CCOCC1)NCCCn1ccc2ccccc21. The van der Waals surface area contributed by atoms with Crippen molar-refractivity contribution in [3.63, 3.8) is 0 Å². The fraction of sp³-hybridized carbons (Fsp3) is 0.409. The third kappa shape index (κ3) is 3.93. The van der Waals surface area contributed by atoms with Crippen LogP contribution in [0.1, 0.15) is 25.7 Å². The number of carbonyl (C=O) groups excluding carboxylic acids is 1. The Labute approximate surface area is 159 Å². The molecule has 0 spiro atoms. The zero-order chi connectivity index (χ0) is 18.5. The van der Waals surface area contributed by atoms with Crippen molar-refractivity contribution in [1.29, 1.82) is 0 Å². The van der Waals surface area contributed by atoms with Crippen LogP contribution in [0.2, 0.25) is 0 Å². The monoisotopic (exact) mass is 365 g/mol. The van der Waals surface area contributed by atoms with Gasteiger partial charge < -0.3 is 19.2 Å². The minimum atomic E-state index is -0.150. The van der Waals surface area contributed by atoms with Crippen molar-refractivity contribution in [3.8, 4) is 0 Å². The number of para-hydroxylation sites is 1. The smallest absolute Gasteiger partial charge is 0.222 e. The molecule has 2 aromatic heterocycles. The minimum Gasteiger partial charge on any atom is -0.381 e. The van der Waals surface area contributed by atoms with E-state index in [1.54, 1.807) is 0 Å². The first kappa shape index (κ1) is 17.9. The molecule has 0 bridgehead atoms. The van der Waals surface area contributed by atoms with E-state index in [2.05, 4.69) is 63.4 Å². The second-order valence-corrected chi connectivity index (χ2v) is 7.38. The molecular formula is C22H27N3O2. The molecule has 0 saturated carbocycles. The van der Waals surface area contributed by atoms with E-state index in [-0.39, 0.29) is 11.4 Å². The number of rotatable bonds is 7. The number of hydrogen-bond donors (Lipinski definition) is 1. The van der Waals surface area contributed by atoms with Gasteiger partial charge in [0.1, 0.15) is 0 Å². The summed E-state index contributed by atoms with van der Waals surface area (Å²) in [4.78, 5) is 12.6. The quantitative estimate of drug-likeness (QED) is 0.651. The maximum absolute atomic E-state index is 12.6. The largest absolute Gasteiger partial charge is 0.381 e. The average molecular weight is 365 g/mol. The lowest BCUT2D eigenvalue weighted by atomic mass is 9.86. The molecule has 0 atom stereocenters. The number of hydrogen-bond acceptors (Lipinski definition) is 2. The van der Waals surface area contributed by atoms with Gasteiger partial charge in [0.2, 0.25) is 5.91 Å². The molecule has 27 heavy (non-hydrogen) atoms. The Balaban J connectivity index is 1.30. The Morgan fingerprint density at radius 1 is 1.04 bits per heavy atom. The van der Waals surface area contributed by atoms with Gasteiger partial charge in [0.05, 0.1) is 12.0 Å². The summed E-state index contributed by atoms with van der Waals surface area (Å²) in [5.74, 6) is 0.128. The zero-order valence-electron chi connectivity index (χ0n) is 15.6. The third-order valence-electron chi connectivity index (χ3n) is 5.64. The van der Waals surface area contributed by atoms with Gasteiger partial charge in [-0.2, -0.15) is 0 Å². The van der Waals surface area contributed by atoms with E-state index >= 15 is 0 Å². The molecule has 5 heteroatoms. The number of nitrogens with zero attached hydrogens (tertiary/aromatic N) is 2. The van der Waals surface area contributed by atoms with Crippen molar-refractivity contribution < 1.29 is 9.53 Å². The van der Waals surface area contributed by atoms with Gasteiger partial charge in [-0.05, 0) is 48.9 Å². The van der Waals surface area contributed by atoms with Crippen molar-refractivity contribution in [3.05, 3.63) is 61.1 Å². The molecule has 4 rings (SSSR count). The molecule has 1 aliphatic rings. The molecule has 1 N–H and O–H groups in total. The summed E-state index contributed by atoms with van der Waals surface area (Å²) in [5.41, 5.74) is 1.10. The Morgan fingerprint density at radius 2 is 1.81 bits per heavy atom. The van der Waals surface area contributed by atoms with E-state index < -0.39 is 0 Å². The highest BCUT2D eigenvalue weighted by atomic mass is 16.5. The lowest BCUT2D eigenvalue weighted by Crippen LogP contribution is -2.43. The first-order chi connectivity index (χ1) is 13.3. The molecule has 5 nitrogen and oxygen atoms in total. The van der Waals surface area contributed by atoms with Crippen molar-refractivity contribution >= 4 is 16.8 Å². The van der Waals surface area contributed by atoms with Crippen LogP contribution in [-0.2, 0) is 21.6 Å². The summed E-state index contributed by atoms with van der Waals surface area (Å²) in [5, 5.41) is 4.38. The molecule has 3 aromatic rings. The van der Waals surface area contributed by atoms with Gasteiger partial charge in [-0.1, -0.05) is 18.2 Å². The summed E-state index contributed by atoms with van der Waals surface area (Å²) in [7, 11) is 0. The van der Waals surface area contributed by atoms with E-state index in [9.17, 15) is 4.79 Å². The number of aryl methyl sites for hydroxylation is 1. The van der Waals surface area contributed by atoms with E-state index in [4.69, 9.17) is 4.74 Å². The lowest BCUT2D eigenvalue weighted by molar-refractivity contribution is -0.124. The van der Waals surface area contributed by atoms with E-state index in [1.165, 1.54) is 10.9 Å². The van der Waals surface area contributed by atoms with Crippen molar-refractivity contribution in [2.24, 2.45) is 0 Å². The summed E-state index contributed by atoms with van der Waals surface area (Å²) in [6, 6.07) is 14.6. The topological polar surface area (TPSA) is 48.2 Å². The van der Waals surface area contributed by atoms with Crippen molar-refractivity contribution in [1.82, 2.24) is 14.5 Å². The molecule has 142 valence electrons. The Morgan fingerprint density at radius 3 is 2.63 bits per heavy atom. The second kappa shape index (κ2) is 8.01. The average Bonchev–Trinajstić information content (AvgIpc) is 3.37. The van der Waals surface area contributed by atoms with Crippen LogP contribution in [0.3, 0.4) is 0 Å². The van der Waals surface area contributed by atoms with Crippen LogP contribution in [0.25, 0.3) is 10.9 Å². The van der Waals surface area contributed by atoms with E-state index in [0.29, 0.717) is 26.2 Å². The highest BCUT2D eigenvalue weighted by Gasteiger charge is 2.35. The summed E-state index contributed by atoms with van der Waals surface area (Å²) >= 11 is 0. The molecule has 0 unspecified atom stereocenters. The van der Waals surface area contributed by atoms with Crippen LogP contribution in [-0.4, -0.2) is 34.8 Å². The van der Waals surface area contributed by atoms with Crippen LogP contribution in [0.5, 0.6) is 0 Å². The van der Waals surface area contributed by atoms with Crippen molar-refractivity contribution in [2.45, 2.75) is 37.8 Å². The van der Waals surface area contributed by atoms with Crippen LogP contribution >= 0.6 is 0 Å². The predicted octanol–water partition coefficient (Wildman–Crippen LogP) is 3.55. The summed E-state index contributed by atoms with van der Waals surface area (Å²) < 4.78 is 9.98. The highest BCUT2D eigenvalue weighted by molar-refractivity contribution is 5.80. The standard InChI is InChI=1S/C22H27N3O2/c26-21(18-22(9-16-27-17-10-22)25-13-3-4-14-25)23-11-5-12-24-15-8-19-6-1-2-7-20(19)24/h1-4,6-8,13-15H,5,9-12,16-18H2,(H,23,26). The molecular weight excluding hydrogens is 338 g/mol. The maximum atomic E-state index is 12.6. The molecule has 1 saturated heterocycles. The van der Waals surface area contributed by atoms with Gasteiger partial charge in [0, 0.05) is 50.4 Å². The van der Waals surface area contributed by atoms with Crippen LogP contribution in [0.15, 0.2) is 61.1 Å². The summed E-state index contributed by atoms with van der Waals surface area (Å²) in [6.45, 7) is 3.03. The van der Waals surface area contributed by atoms with Gasteiger partial charge in [0.25, 0.3) is 0 Å². The Hall–Kier alpha value is -2.53. The molecule has 1 aromatic carbocycles. The predicted molar refractivity (Wildman–Crippen MR) is 107 cm³/mol. The molecule has 1 fully saturated rings. The van der Waals surface area contributed by atoms with Crippen LogP contribution in [0.4, 0.5) is 0 Å². The minimum absolute atomic E-state index is 0.128. The Bertz CT molecular complexity index is 876. The first-order valence-electron chi connectivity index (χ1n) is 9.79. The van der Waals surface area contributed by atoms with Gasteiger partial charge in [-0.3, -0.25) is 4.79 Å². The van der Waals surface area contributed by atoms with Gasteiger partial charge in [-0.25, -0.2) is 0 Å². The van der Waals surface area contributed by atoms with Gasteiger partial charge >= 0.3 is 0 Å². The number of carbonyl (C=O) groups is 1. The molecule has 1 amide bonds. The number of aromatic nitrogens is 2.